The first kappa shape index (κ1) is 14.2. The molecule has 3 heteroatoms. The number of hydrogen-bond donors (Lipinski definition) is 1. The molecule has 0 aliphatic heterocycles. The largest absolute Gasteiger partial charge is 0.456 e. The van der Waals surface area contributed by atoms with E-state index >= 15 is 0 Å². The lowest BCUT2D eigenvalue weighted by Crippen LogP contribution is -2.12. The van der Waals surface area contributed by atoms with Crippen molar-refractivity contribution < 1.29 is 4.42 Å². The second kappa shape index (κ2) is 5.43. The van der Waals surface area contributed by atoms with Crippen LogP contribution in [0.2, 0.25) is 0 Å². The summed E-state index contributed by atoms with van der Waals surface area (Å²) in [6.45, 7) is 0. The summed E-state index contributed by atoms with van der Waals surface area (Å²) < 4.78 is 6.14. The molecule has 0 bridgehead atoms. The Morgan fingerprint density at radius 2 is 1.48 bits per heavy atom. The molecule has 1 unspecified atom stereocenters. The zero-order valence-corrected chi connectivity index (χ0v) is 13.5. The standard InChI is InChI=1S/C22H16N2O/c23-21(16-12-13-24-19-10-3-1-6-14(16)19)18-9-5-8-17-15-7-2-4-11-20(15)25-22(17)18/h1-13,21H,23H2. The second-order valence-electron chi connectivity index (χ2n) is 6.22. The van der Waals surface area contributed by atoms with E-state index in [4.69, 9.17) is 10.2 Å². The average molecular weight is 324 g/mol. The number of hydrogen-bond acceptors (Lipinski definition) is 3. The van der Waals surface area contributed by atoms with Crippen LogP contribution in [0.4, 0.5) is 0 Å². The smallest absolute Gasteiger partial charge is 0.140 e. The Labute approximate surface area is 144 Å². The second-order valence-corrected chi connectivity index (χ2v) is 6.22. The maximum absolute atomic E-state index is 6.68. The van der Waals surface area contributed by atoms with Crippen molar-refractivity contribution in [3.05, 3.63) is 90.1 Å². The van der Waals surface area contributed by atoms with E-state index in [0.29, 0.717) is 0 Å². The number of para-hydroxylation sites is 3. The van der Waals surface area contributed by atoms with E-state index in [1.165, 1.54) is 0 Å². The van der Waals surface area contributed by atoms with Crippen molar-refractivity contribution in [2.75, 3.05) is 0 Å². The molecule has 2 heterocycles. The quantitative estimate of drug-likeness (QED) is 0.486. The van der Waals surface area contributed by atoms with E-state index < -0.39 is 0 Å². The van der Waals surface area contributed by atoms with E-state index in [0.717, 1.165) is 44.0 Å². The fourth-order valence-corrected chi connectivity index (χ4v) is 3.57. The van der Waals surface area contributed by atoms with Gasteiger partial charge in [0, 0.05) is 27.9 Å². The minimum absolute atomic E-state index is 0.280. The van der Waals surface area contributed by atoms with Gasteiger partial charge in [0.2, 0.25) is 0 Å². The molecule has 1 atom stereocenters. The predicted molar refractivity (Wildman–Crippen MR) is 101 cm³/mol. The van der Waals surface area contributed by atoms with Crippen molar-refractivity contribution in [1.29, 1.82) is 0 Å². The molecule has 25 heavy (non-hydrogen) atoms. The minimum atomic E-state index is -0.280. The highest BCUT2D eigenvalue weighted by Gasteiger charge is 2.18. The highest BCUT2D eigenvalue weighted by atomic mass is 16.3. The summed E-state index contributed by atoms with van der Waals surface area (Å²) in [5, 5.41) is 3.29. The third-order valence-corrected chi connectivity index (χ3v) is 4.79. The number of aromatic nitrogens is 1. The van der Waals surface area contributed by atoms with Gasteiger partial charge < -0.3 is 10.2 Å². The fourth-order valence-electron chi connectivity index (χ4n) is 3.57. The van der Waals surface area contributed by atoms with E-state index in [2.05, 4.69) is 23.2 Å². The van der Waals surface area contributed by atoms with Crippen LogP contribution in [-0.2, 0) is 0 Å². The lowest BCUT2D eigenvalue weighted by molar-refractivity contribution is 0.658. The summed E-state index contributed by atoms with van der Waals surface area (Å²) >= 11 is 0. The SMILES string of the molecule is NC(c1ccnc2ccccc12)c1cccc2c1oc1ccccc12. The molecular formula is C22H16N2O. The Kier molecular flexibility index (Phi) is 3.08. The molecule has 3 aromatic carbocycles. The van der Waals surface area contributed by atoms with Crippen molar-refractivity contribution in [3.8, 4) is 0 Å². The Balaban J connectivity index is 1.77. The van der Waals surface area contributed by atoms with E-state index in [-0.39, 0.29) is 6.04 Å². The lowest BCUT2D eigenvalue weighted by atomic mass is 9.95. The maximum atomic E-state index is 6.68. The van der Waals surface area contributed by atoms with Crippen molar-refractivity contribution in [1.82, 2.24) is 4.98 Å². The molecule has 0 radical (unpaired) electrons. The number of nitrogens with two attached hydrogens (primary N) is 1. The highest BCUT2D eigenvalue weighted by molar-refractivity contribution is 6.06. The summed E-state index contributed by atoms with van der Waals surface area (Å²) in [7, 11) is 0. The van der Waals surface area contributed by atoms with Gasteiger partial charge >= 0.3 is 0 Å². The first-order valence-corrected chi connectivity index (χ1v) is 8.32. The molecule has 120 valence electrons. The van der Waals surface area contributed by atoms with Crippen molar-refractivity contribution in [3.63, 3.8) is 0 Å². The van der Waals surface area contributed by atoms with Gasteiger partial charge in [-0.3, -0.25) is 4.98 Å². The predicted octanol–water partition coefficient (Wildman–Crippen LogP) is 5.18. The zero-order valence-electron chi connectivity index (χ0n) is 13.5. The van der Waals surface area contributed by atoms with Crippen molar-refractivity contribution in [2.24, 2.45) is 5.73 Å². The van der Waals surface area contributed by atoms with Gasteiger partial charge in [0.15, 0.2) is 0 Å². The number of pyridine rings is 1. The van der Waals surface area contributed by atoms with Gasteiger partial charge in [-0.1, -0.05) is 54.6 Å². The Morgan fingerprint density at radius 3 is 2.40 bits per heavy atom. The minimum Gasteiger partial charge on any atom is -0.456 e. The molecular weight excluding hydrogens is 308 g/mol. The first-order valence-electron chi connectivity index (χ1n) is 8.32. The van der Waals surface area contributed by atoms with Crippen molar-refractivity contribution in [2.45, 2.75) is 6.04 Å². The molecule has 2 N–H and O–H groups in total. The van der Waals surface area contributed by atoms with E-state index in [1.54, 1.807) is 0 Å². The van der Waals surface area contributed by atoms with Crippen molar-refractivity contribution >= 4 is 32.8 Å². The summed E-state index contributed by atoms with van der Waals surface area (Å²) in [5.74, 6) is 0. The monoisotopic (exact) mass is 324 g/mol. The van der Waals surface area contributed by atoms with Crippen LogP contribution in [0.1, 0.15) is 17.2 Å². The molecule has 2 aromatic heterocycles. The number of fused-ring (bicyclic) bond motifs is 4. The number of rotatable bonds is 2. The first-order chi connectivity index (χ1) is 12.3. The van der Waals surface area contributed by atoms with Gasteiger partial charge in [-0.2, -0.15) is 0 Å². The van der Waals surface area contributed by atoms with Gasteiger partial charge in [-0.25, -0.2) is 0 Å². The maximum Gasteiger partial charge on any atom is 0.140 e. The zero-order chi connectivity index (χ0) is 16.8. The Bertz CT molecular complexity index is 1220. The Hall–Kier alpha value is -3.17. The molecule has 0 fully saturated rings. The average Bonchev–Trinajstić information content (AvgIpc) is 3.06. The third kappa shape index (κ3) is 2.13. The number of nitrogens with zero attached hydrogens (tertiary/aromatic N) is 1. The molecule has 5 aromatic rings. The molecule has 5 rings (SSSR count). The van der Waals surface area contributed by atoms with Crippen LogP contribution in [0, 0.1) is 0 Å². The normalized spacial score (nSPS) is 12.8. The lowest BCUT2D eigenvalue weighted by Gasteiger charge is -2.15. The number of furan rings is 1. The molecule has 0 aliphatic carbocycles. The molecule has 0 amide bonds. The molecule has 0 spiro atoms. The van der Waals surface area contributed by atoms with Crippen LogP contribution in [0.25, 0.3) is 32.8 Å². The van der Waals surface area contributed by atoms with Crippen LogP contribution in [-0.4, -0.2) is 4.98 Å². The third-order valence-electron chi connectivity index (χ3n) is 4.79. The molecule has 0 saturated heterocycles. The summed E-state index contributed by atoms with van der Waals surface area (Å²) in [6.07, 6.45) is 1.82. The van der Waals surface area contributed by atoms with Gasteiger partial charge in [0.05, 0.1) is 11.6 Å². The summed E-state index contributed by atoms with van der Waals surface area (Å²) in [5.41, 5.74) is 11.4. The highest BCUT2D eigenvalue weighted by Crippen LogP contribution is 2.35. The van der Waals surface area contributed by atoms with Gasteiger partial charge in [0.25, 0.3) is 0 Å². The van der Waals surface area contributed by atoms with Gasteiger partial charge in [0.1, 0.15) is 11.2 Å². The van der Waals surface area contributed by atoms with E-state index in [9.17, 15) is 0 Å². The van der Waals surface area contributed by atoms with E-state index in [1.807, 2.05) is 60.8 Å². The summed E-state index contributed by atoms with van der Waals surface area (Å²) in [6, 6.07) is 24.1. The molecule has 3 nitrogen and oxygen atoms in total. The van der Waals surface area contributed by atoms with Crippen LogP contribution < -0.4 is 5.73 Å². The van der Waals surface area contributed by atoms with Crippen LogP contribution >= 0.6 is 0 Å². The molecule has 0 saturated carbocycles. The Morgan fingerprint density at radius 1 is 0.720 bits per heavy atom. The summed E-state index contributed by atoms with van der Waals surface area (Å²) in [4.78, 5) is 4.44. The van der Waals surface area contributed by atoms with Crippen LogP contribution in [0.15, 0.2) is 83.4 Å². The number of benzene rings is 3. The van der Waals surface area contributed by atoms with Gasteiger partial charge in [-0.05, 0) is 23.8 Å². The van der Waals surface area contributed by atoms with Crippen LogP contribution in [0.5, 0.6) is 0 Å². The van der Waals surface area contributed by atoms with Crippen LogP contribution in [0.3, 0.4) is 0 Å². The molecule has 0 aliphatic rings. The topological polar surface area (TPSA) is 52.0 Å². The van der Waals surface area contributed by atoms with Gasteiger partial charge in [-0.15, -0.1) is 0 Å². The fraction of sp³-hybridized carbons (Fsp3) is 0.0455.